The molecule has 32 heavy (non-hydrogen) atoms. The van der Waals surface area contributed by atoms with Gasteiger partial charge in [0, 0.05) is 25.1 Å². The number of nitrogens with zero attached hydrogens (tertiary/aromatic N) is 5. The van der Waals surface area contributed by atoms with Crippen molar-refractivity contribution in [3.8, 4) is 5.75 Å². The number of ether oxygens (including phenoxy) is 2. The molecule has 0 saturated carbocycles. The molecule has 0 radical (unpaired) electrons. The van der Waals surface area contributed by atoms with Crippen molar-refractivity contribution in [1.29, 1.82) is 0 Å². The van der Waals surface area contributed by atoms with Crippen molar-refractivity contribution in [2.45, 2.75) is 56.4 Å². The Morgan fingerprint density at radius 2 is 2.12 bits per heavy atom. The lowest BCUT2D eigenvalue weighted by atomic mass is 10.1. The van der Waals surface area contributed by atoms with Crippen LogP contribution in [0.4, 0.5) is 0 Å². The molecule has 1 saturated heterocycles. The zero-order valence-electron chi connectivity index (χ0n) is 19.0. The number of hydrogen-bond donors (Lipinski definition) is 0. The summed E-state index contributed by atoms with van der Waals surface area (Å²) in [5.74, 6) is 2.66. The van der Waals surface area contributed by atoms with Gasteiger partial charge in [0.25, 0.3) is 0 Å². The van der Waals surface area contributed by atoms with E-state index in [2.05, 4.69) is 50.8 Å². The molecule has 1 aliphatic heterocycles. The Morgan fingerprint density at radius 3 is 2.84 bits per heavy atom. The average molecular weight is 454 g/mol. The molecule has 0 spiro atoms. The molecular weight excluding hydrogens is 422 g/mol. The smallest absolute Gasteiger partial charge is 0.191 e. The first-order valence-corrected chi connectivity index (χ1v) is 12.0. The summed E-state index contributed by atoms with van der Waals surface area (Å²) in [5, 5.41) is 10.00. The Bertz CT molecular complexity index is 1000. The van der Waals surface area contributed by atoms with Crippen LogP contribution in [0.5, 0.6) is 5.75 Å². The topological polar surface area (TPSA) is 65.3 Å². The lowest BCUT2D eigenvalue weighted by molar-refractivity contribution is 0.0934. The second-order valence-electron chi connectivity index (χ2n) is 8.23. The molecular formula is C24H31N5O2S. The number of aryl methyl sites for hydroxylation is 1. The van der Waals surface area contributed by atoms with Crippen molar-refractivity contribution in [2.24, 2.45) is 0 Å². The van der Waals surface area contributed by atoms with Crippen LogP contribution < -0.4 is 4.74 Å². The summed E-state index contributed by atoms with van der Waals surface area (Å²) in [6, 6.07) is 12.3. The maximum Gasteiger partial charge on any atom is 0.191 e. The quantitative estimate of drug-likeness (QED) is 0.428. The standard InChI is InChI=1S/C24H31N5O2S/c1-18-13-19(9-10-22(18)30-3)14-28(2)16-23-26-27-24(29(23)15-21-8-6-12-31-21)32-17-20-7-4-5-11-25-20/h4-5,7,9-11,13,21H,6,8,12,14-17H2,1-3H3. The second-order valence-corrected chi connectivity index (χ2v) is 9.17. The summed E-state index contributed by atoms with van der Waals surface area (Å²) >= 11 is 1.68. The molecule has 1 unspecified atom stereocenters. The van der Waals surface area contributed by atoms with Gasteiger partial charge in [0.1, 0.15) is 11.6 Å². The maximum atomic E-state index is 5.91. The zero-order valence-corrected chi connectivity index (χ0v) is 19.8. The van der Waals surface area contributed by atoms with Gasteiger partial charge in [0.2, 0.25) is 0 Å². The Balaban J connectivity index is 1.46. The number of hydrogen-bond acceptors (Lipinski definition) is 7. The third-order valence-corrected chi connectivity index (χ3v) is 6.60. The summed E-state index contributed by atoms with van der Waals surface area (Å²) in [6.45, 7) is 5.26. The summed E-state index contributed by atoms with van der Waals surface area (Å²) in [6.07, 6.45) is 4.26. The normalized spacial score (nSPS) is 16.1. The van der Waals surface area contributed by atoms with Gasteiger partial charge >= 0.3 is 0 Å². The largest absolute Gasteiger partial charge is 0.496 e. The van der Waals surface area contributed by atoms with E-state index in [1.807, 2.05) is 30.5 Å². The van der Waals surface area contributed by atoms with Crippen LogP contribution in [0.15, 0.2) is 47.8 Å². The van der Waals surface area contributed by atoms with Crippen LogP contribution in [0.1, 0.15) is 35.5 Å². The number of thioether (sulfide) groups is 1. The minimum atomic E-state index is 0.230. The third kappa shape index (κ3) is 5.88. The van der Waals surface area contributed by atoms with Crippen molar-refractivity contribution in [2.75, 3.05) is 20.8 Å². The van der Waals surface area contributed by atoms with Crippen LogP contribution in [0.25, 0.3) is 0 Å². The van der Waals surface area contributed by atoms with E-state index in [4.69, 9.17) is 9.47 Å². The van der Waals surface area contributed by atoms with E-state index >= 15 is 0 Å². The minimum absolute atomic E-state index is 0.230. The summed E-state index contributed by atoms with van der Waals surface area (Å²) in [4.78, 5) is 6.70. The molecule has 0 aliphatic carbocycles. The molecule has 1 aliphatic rings. The van der Waals surface area contributed by atoms with Gasteiger partial charge in [-0.05, 0) is 56.1 Å². The number of pyridine rings is 1. The van der Waals surface area contributed by atoms with E-state index in [0.717, 1.165) is 72.8 Å². The van der Waals surface area contributed by atoms with E-state index in [1.54, 1.807) is 18.9 Å². The SMILES string of the molecule is COc1ccc(CN(C)Cc2nnc(SCc3ccccn3)n2CC2CCCO2)cc1C. The minimum Gasteiger partial charge on any atom is -0.496 e. The third-order valence-electron chi connectivity index (χ3n) is 5.60. The number of methoxy groups -OCH3 is 1. The first-order chi connectivity index (χ1) is 15.6. The van der Waals surface area contributed by atoms with E-state index in [1.165, 1.54) is 5.56 Å². The van der Waals surface area contributed by atoms with Crippen LogP contribution in [0.2, 0.25) is 0 Å². The zero-order chi connectivity index (χ0) is 22.3. The maximum absolute atomic E-state index is 5.91. The molecule has 2 aromatic heterocycles. The van der Waals surface area contributed by atoms with Gasteiger partial charge in [-0.2, -0.15) is 0 Å². The molecule has 0 N–H and O–H groups in total. The van der Waals surface area contributed by atoms with E-state index < -0.39 is 0 Å². The van der Waals surface area contributed by atoms with Gasteiger partial charge < -0.3 is 14.0 Å². The molecule has 3 heterocycles. The van der Waals surface area contributed by atoms with Crippen LogP contribution in [-0.2, 0) is 30.1 Å². The van der Waals surface area contributed by atoms with Gasteiger partial charge in [0.15, 0.2) is 5.16 Å². The second kappa shape index (κ2) is 10.9. The first kappa shape index (κ1) is 22.8. The molecule has 1 fully saturated rings. The fraction of sp³-hybridized carbons (Fsp3) is 0.458. The van der Waals surface area contributed by atoms with Crippen LogP contribution >= 0.6 is 11.8 Å². The molecule has 0 amide bonds. The molecule has 0 bridgehead atoms. The fourth-order valence-electron chi connectivity index (χ4n) is 3.99. The number of benzene rings is 1. The van der Waals surface area contributed by atoms with Gasteiger partial charge in [-0.1, -0.05) is 30.0 Å². The van der Waals surface area contributed by atoms with Crippen molar-refractivity contribution in [3.05, 3.63) is 65.2 Å². The predicted octanol–water partition coefficient (Wildman–Crippen LogP) is 4.09. The summed E-state index contributed by atoms with van der Waals surface area (Å²) in [7, 11) is 3.82. The number of aromatic nitrogens is 4. The van der Waals surface area contributed by atoms with Crippen molar-refractivity contribution in [1.82, 2.24) is 24.6 Å². The highest BCUT2D eigenvalue weighted by Gasteiger charge is 2.22. The highest BCUT2D eigenvalue weighted by molar-refractivity contribution is 7.98. The van der Waals surface area contributed by atoms with Crippen molar-refractivity contribution in [3.63, 3.8) is 0 Å². The predicted molar refractivity (Wildman–Crippen MR) is 126 cm³/mol. The van der Waals surface area contributed by atoms with Crippen LogP contribution in [0, 0.1) is 6.92 Å². The van der Waals surface area contributed by atoms with E-state index in [0.29, 0.717) is 0 Å². The lowest BCUT2D eigenvalue weighted by Gasteiger charge is -2.19. The summed E-state index contributed by atoms with van der Waals surface area (Å²) in [5.41, 5.74) is 3.44. The van der Waals surface area contributed by atoms with Crippen molar-refractivity contribution < 1.29 is 9.47 Å². The number of rotatable bonds is 10. The molecule has 170 valence electrons. The fourth-order valence-corrected chi connectivity index (χ4v) is 4.87. The monoisotopic (exact) mass is 453 g/mol. The molecule has 8 heteroatoms. The van der Waals surface area contributed by atoms with E-state index in [9.17, 15) is 0 Å². The van der Waals surface area contributed by atoms with Gasteiger partial charge in [0.05, 0.1) is 32.0 Å². The first-order valence-electron chi connectivity index (χ1n) is 11.0. The van der Waals surface area contributed by atoms with Crippen LogP contribution in [-0.4, -0.2) is 51.5 Å². The van der Waals surface area contributed by atoms with Crippen LogP contribution in [0.3, 0.4) is 0 Å². The lowest BCUT2D eigenvalue weighted by Crippen LogP contribution is -2.23. The Hall–Kier alpha value is -2.42. The van der Waals surface area contributed by atoms with Gasteiger partial charge in [-0.3, -0.25) is 9.88 Å². The molecule has 1 aromatic carbocycles. The van der Waals surface area contributed by atoms with Gasteiger partial charge in [-0.15, -0.1) is 10.2 Å². The van der Waals surface area contributed by atoms with Crippen molar-refractivity contribution >= 4 is 11.8 Å². The summed E-state index contributed by atoms with van der Waals surface area (Å²) < 4.78 is 13.5. The molecule has 7 nitrogen and oxygen atoms in total. The average Bonchev–Trinajstić information content (AvgIpc) is 3.44. The van der Waals surface area contributed by atoms with Gasteiger partial charge in [-0.25, -0.2) is 0 Å². The highest BCUT2D eigenvalue weighted by atomic mass is 32.2. The Morgan fingerprint density at radius 1 is 1.22 bits per heavy atom. The Labute approximate surface area is 194 Å². The highest BCUT2D eigenvalue weighted by Crippen LogP contribution is 2.25. The molecule has 4 rings (SSSR count). The van der Waals surface area contributed by atoms with E-state index in [-0.39, 0.29) is 6.10 Å². The molecule has 3 aromatic rings. The Kier molecular flexibility index (Phi) is 7.78. The molecule has 1 atom stereocenters.